The molecule has 2 aromatic rings. The van der Waals surface area contributed by atoms with Crippen LogP contribution in [0, 0.1) is 0 Å². The van der Waals surface area contributed by atoms with Crippen LogP contribution >= 0.6 is 12.0 Å². The first kappa shape index (κ1) is 29.0. The third-order valence-electron chi connectivity index (χ3n) is 2.55. The molecule has 0 unspecified atom stereocenters. The summed E-state index contributed by atoms with van der Waals surface area (Å²) in [5, 5.41) is 0. The summed E-state index contributed by atoms with van der Waals surface area (Å²) in [5.41, 5.74) is 1.79. The molecule has 0 atom stereocenters. The second-order valence-electron chi connectivity index (χ2n) is 3.82. The van der Waals surface area contributed by atoms with Crippen LogP contribution < -0.4 is 0 Å². The van der Waals surface area contributed by atoms with Crippen LogP contribution in [-0.2, 0) is 10.6 Å². The van der Waals surface area contributed by atoms with Crippen molar-refractivity contribution in [2.75, 3.05) is 0 Å². The number of benzene rings is 2. The molecule has 2 nitrogen and oxygen atoms in total. The van der Waals surface area contributed by atoms with Crippen molar-refractivity contribution in [3.8, 4) is 0 Å². The Balaban J connectivity index is -0.000000361. The maximum Gasteiger partial charge on any atom is 0.350 e. The Labute approximate surface area is 135 Å². The summed E-state index contributed by atoms with van der Waals surface area (Å²) in [6, 6.07) is 17.0. The number of aryl methyl sites for hydroxylation is 1. The van der Waals surface area contributed by atoms with Crippen LogP contribution in [0.3, 0.4) is 0 Å². The molecule has 0 fully saturated rings. The van der Waals surface area contributed by atoms with Crippen LogP contribution in [-0.4, -0.2) is 5.97 Å². The van der Waals surface area contributed by atoms with E-state index in [4.69, 9.17) is 4.18 Å². The van der Waals surface area contributed by atoms with Gasteiger partial charge in [0.15, 0.2) is 0 Å². The van der Waals surface area contributed by atoms with Gasteiger partial charge in [0, 0.05) is 4.90 Å². The van der Waals surface area contributed by atoms with Crippen molar-refractivity contribution in [1.82, 2.24) is 0 Å². The van der Waals surface area contributed by atoms with Crippen molar-refractivity contribution in [2.24, 2.45) is 0 Å². The second kappa shape index (κ2) is 14.8. The topological polar surface area (TPSA) is 26.3 Å². The first-order valence-corrected chi connectivity index (χ1v) is 6.56. The molecule has 0 heterocycles. The average Bonchev–Trinajstić information content (AvgIpc) is 2.46. The van der Waals surface area contributed by atoms with E-state index in [0.29, 0.717) is 5.56 Å². The quantitative estimate of drug-likeness (QED) is 0.576. The van der Waals surface area contributed by atoms with Crippen LogP contribution in [0.25, 0.3) is 0 Å². The molecule has 0 radical (unpaired) electrons. The van der Waals surface area contributed by atoms with Crippen LogP contribution in [0.4, 0.5) is 23.5 Å². The highest BCUT2D eigenvalue weighted by Crippen LogP contribution is 2.20. The average molecular weight is 358 g/mol. The maximum absolute atomic E-state index is 11.8. The zero-order chi connectivity index (χ0) is 12.8. The lowest BCUT2D eigenvalue weighted by molar-refractivity contribution is 0.0768. The molecule has 8 heteroatoms. The summed E-state index contributed by atoms with van der Waals surface area (Å²) in [7, 11) is 0. The van der Waals surface area contributed by atoms with Gasteiger partial charge in [-0.1, -0.05) is 37.3 Å². The van der Waals surface area contributed by atoms with E-state index in [1.807, 2.05) is 42.5 Å². The van der Waals surface area contributed by atoms with Gasteiger partial charge in [-0.3, -0.25) is 23.5 Å². The van der Waals surface area contributed by atoms with E-state index in [-0.39, 0.29) is 29.5 Å². The molecule has 2 aromatic carbocycles. The summed E-state index contributed by atoms with van der Waals surface area (Å²) in [6.45, 7) is 2.08. The minimum atomic E-state index is -0.313. The molecule has 0 N–H and O–H groups in total. The van der Waals surface area contributed by atoms with Gasteiger partial charge in [0.1, 0.15) is 0 Å². The molecule has 2 rings (SSSR count). The molecule has 23 heavy (non-hydrogen) atoms. The normalized spacial score (nSPS) is 7.87. The van der Waals surface area contributed by atoms with E-state index >= 15 is 0 Å². The van der Waals surface area contributed by atoms with Gasteiger partial charge in [-0.05, 0) is 36.2 Å². The van der Waals surface area contributed by atoms with Crippen LogP contribution in [0.1, 0.15) is 22.8 Å². The lowest BCUT2D eigenvalue weighted by Crippen LogP contribution is -1.99. The van der Waals surface area contributed by atoms with Crippen molar-refractivity contribution < 1.29 is 32.5 Å². The first-order chi connectivity index (χ1) is 8.79. The summed E-state index contributed by atoms with van der Waals surface area (Å²) < 4.78 is 5.17. The molecule has 0 aliphatic heterocycles. The highest BCUT2D eigenvalue weighted by Gasteiger charge is 2.07. The summed E-state index contributed by atoms with van der Waals surface area (Å²) in [6.07, 6.45) is 0.966. The fourth-order valence-electron chi connectivity index (χ4n) is 1.49. The van der Waals surface area contributed by atoms with Crippen molar-refractivity contribution >= 4 is 18.0 Å². The number of hydrogen-bond donors (Lipinski definition) is 0. The van der Waals surface area contributed by atoms with Crippen LogP contribution in [0.15, 0.2) is 59.5 Å². The molecule has 0 aliphatic rings. The Morgan fingerprint density at radius 1 is 0.870 bits per heavy atom. The fourth-order valence-corrected chi connectivity index (χ4v) is 2.02. The smallest absolute Gasteiger partial charge is 0.350 e. The van der Waals surface area contributed by atoms with Crippen LogP contribution in [0.5, 0.6) is 0 Å². The van der Waals surface area contributed by atoms with Gasteiger partial charge in [0.25, 0.3) is 0 Å². The van der Waals surface area contributed by atoms with E-state index in [9.17, 15) is 4.79 Å². The Kier molecular flexibility index (Phi) is 18.7. The van der Waals surface area contributed by atoms with E-state index in [1.165, 1.54) is 5.56 Å². The predicted octanol–water partition coefficient (Wildman–Crippen LogP) is 4.88. The summed E-state index contributed by atoms with van der Waals surface area (Å²) in [5.74, 6) is -0.313. The van der Waals surface area contributed by atoms with Crippen molar-refractivity contribution in [2.45, 2.75) is 18.2 Å². The van der Waals surface area contributed by atoms with Gasteiger partial charge < -0.3 is 4.18 Å². The molecule has 0 spiro atoms. The lowest BCUT2D eigenvalue weighted by Gasteiger charge is -2.03. The van der Waals surface area contributed by atoms with Crippen molar-refractivity contribution in [3.63, 3.8) is 0 Å². The van der Waals surface area contributed by atoms with Gasteiger partial charge in [0.2, 0.25) is 0 Å². The molecular formula is C15H19F5O2S. The Hall–Kier alpha value is -2.09. The van der Waals surface area contributed by atoms with Gasteiger partial charge in [0.05, 0.1) is 17.6 Å². The Morgan fingerprint density at radius 2 is 1.39 bits per heavy atom. The molecular weight excluding hydrogens is 339 g/mol. The fraction of sp³-hybridized carbons (Fsp3) is 0.133. The minimum absolute atomic E-state index is 0. The van der Waals surface area contributed by atoms with Gasteiger partial charge in [-0.15, -0.1) is 0 Å². The molecule has 0 aromatic heterocycles. The number of halogens is 5. The highest BCUT2D eigenvalue weighted by atomic mass is 32.2. The largest absolute Gasteiger partial charge is 0.382 e. The van der Waals surface area contributed by atoms with Gasteiger partial charge in [-0.2, -0.15) is 0 Å². The molecule has 0 saturated heterocycles. The third-order valence-corrected chi connectivity index (χ3v) is 3.25. The monoisotopic (exact) mass is 358 g/mol. The molecule has 0 amide bonds. The van der Waals surface area contributed by atoms with E-state index in [0.717, 1.165) is 23.4 Å². The third kappa shape index (κ3) is 8.82. The minimum Gasteiger partial charge on any atom is -0.382 e. The molecule has 0 aliphatic carbocycles. The molecule has 132 valence electrons. The standard InChI is InChI=1S/C15H14O2S.5FH/c1-2-12-8-10-13(11-9-12)15(16)17-18-14-6-4-3-5-7-14;;;;;/h3-11H,2H2,1H3;5*1H. The van der Waals surface area contributed by atoms with Crippen molar-refractivity contribution in [3.05, 3.63) is 65.7 Å². The summed E-state index contributed by atoms with van der Waals surface area (Å²) in [4.78, 5) is 12.7. The second-order valence-corrected chi connectivity index (χ2v) is 4.62. The van der Waals surface area contributed by atoms with Gasteiger partial charge >= 0.3 is 5.97 Å². The SMILES string of the molecule is CCc1ccc(C(=O)OSc2ccccc2)cc1.F.F.F.F.F. The number of rotatable bonds is 4. The van der Waals surface area contributed by atoms with E-state index in [2.05, 4.69) is 6.92 Å². The molecule has 0 saturated carbocycles. The Morgan fingerprint density at radius 3 is 1.87 bits per heavy atom. The first-order valence-electron chi connectivity index (χ1n) is 5.82. The van der Waals surface area contributed by atoms with Crippen molar-refractivity contribution in [1.29, 1.82) is 0 Å². The van der Waals surface area contributed by atoms with E-state index < -0.39 is 0 Å². The van der Waals surface area contributed by atoms with E-state index in [1.54, 1.807) is 12.1 Å². The molecule has 0 bridgehead atoms. The highest BCUT2D eigenvalue weighted by molar-refractivity contribution is 7.95. The Bertz CT molecular complexity index is 523. The summed E-state index contributed by atoms with van der Waals surface area (Å²) >= 11 is 1.08. The zero-order valence-corrected chi connectivity index (χ0v) is 13.0. The number of carbonyl (C=O) groups excluding carboxylic acids is 1. The number of hydrogen-bond acceptors (Lipinski definition) is 3. The number of carbonyl (C=O) groups is 1. The maximum atomic E-state index is 11.8. The predicted molar refractivity (Wildman–Crippen MR) is 86.0 cm³/mol. The zero-order valence-electron chi connectivity index (χ0n) is 12.2. The lowest BCUT2D eigenvalue weighted by atomic mass is 10.1. The van der Waals surface area contributed by atoms with Gasteiger partial charge in [-0.25, -0.2) is 4.79 Å². The van der Waals surface area contributed by atoms with Crippen LogP contribution in [0.2, 0.25) is 0 Å².